The van der Waals surface area contributed by atoms with Crippen molar-refractivity contribution in [2.24, 2.45) is 0 Å². The van der Waals surface area contributed by atoms with Crippen LogP contribution in [-0.2, 0) is 4.74 Å². The molecule has 0 saturated carbocycles. The van der Waals surface area contributed by atoms with Gasteiger partial charge in [0, 0.05) is 12.6 Å². The topological polar surface area (TPSA) is 80.5 Å². The Bertz CT molecular complexity index is 435. The second-order valence-electron chi connectivity index (χ2n) is 4.69. The normalized spacial score (nSPS) is 12.3. The number of aromatic nitrogens is 1. The highest BCUT2D eigenvalue weighted by Gasteiger charge is 2.16. The summed E-state index contributed by atoms with van der Waals surface area (Å²) in [6.07, 6.45) is 1.52. The molecule has 0 spiro atoms. The number of ether oxygens (including phenoxy) is 1. The summed E-state index contributed by atoms with van der Waals surface area (Å²) in [6.45, 7) is 4.93. The van der Waals surface area contributed by atoms with Gasteiger partial charge in [-0.25, -0.2) is 9.78 Å². The van der Waals surface area contributed by atoms with Gasteiger partial charge in [0.1, 0.15) is 11.4 Å². The lowest BCUT2D eigenvalue weighted by Crippen LogP contribution is -2.30. The van der Waals surface area contributed by atoms with Crippen molar-refractivity contribution >= 4 is 17.5 Å². The average Bonchev–Trinajstić information content (AvgIpc) is 2.30. The summed E-state index contributed by atoms with van der Waals surface area (Å²) in [5.41, 5.74) is 6.47. The predicted molar refractivity (Wildman–Crippen MR) is 76.2 cm³/mol. The number of hydrogen-bond donors (Lipinski definition) is 2. The molecule has 1 atom stereocenters. The molecule has 1 unspecified atom stereocenters. The predicted octanol–water partition coefficient (Wildman–Crippen LogP) is 1.20. The van der Waals surface area contributed by atoms with Crippen LogP contribution >= 0.6 is 0 Å². The van der Waals surface area contributed by atoms with Crippen LogP contribution in [0.2, 0.25) is 0 Å². The van der Waals surface area contributed by atoms with Crippen LogP contribution in [0.1, 0.15) is 24.2 Å². The summed E-state index contributed by atoms with van der Waals surface area (Å²) in [5, 5.41) is 3.20. The summed E-state index contributed by atoms with van der Waals surface area (Å²) in [7, 11) is 3.97. The van der Waals surface area contributed by atoms with Crippen LogP contribution in [0, 0.1) is 0 Å². The van der Waals surface area contributed by atoms with E-state index in [0.717, 1.165) is 6.54 Å². The fraction of sp³-hybridized carbons (Fsp3) is 0.538. The summed E-state index contributed by atoms with van der Waals surface area (Å²) >= 11 is 0. The van der Waals surface area contributed by atoms with Gasteiger partial charge in [0.2, 0.25) is 0 Å². The fourth-order valence-corrected chi connectivity index (χ4v) is 1.79. The van der Waals surface area contributed by atoms with Crippen LogP contribution in [0.15, 0.2) is 12.3 Å². The maximum Gasteiger partial charge on any atom is 0.341 e. The first-order valence-corrected chi connectivity index (χ1v) is 6.28. The molecule has 0 bridgehead atoms. The van der Waals surface area contributed by atoms with Crippen molar-refractivity contribution in [3.8, 4) is 0 Å². The van der Waals surface area contributed by atoms with Crippen molar-refractivity contribution < 1.29 is 9.53 Å². The molecular weight excluding hydrogens is 244 g/mol. The molecular formula is C13H22N4O2. The molecule has 1 aromatic rings. The Hall–Kier alpha value is -1.82. The fourth-order valence-electron chi connectivity index (χ4n) is 1.79. The molecule has 106 valence electrons. The van der Waals surface area contributed by atoms with E-state index < -0.39 is 5.97 Å². The van der Waals surface area contributed by atoms with Gasteiger partial charge in [0.25, 0.3) is 0 Å². The molecule has 0 aliphatic rings. The van der Waals surface area contributed by atoms with Crippen LogP contribution in [0.25, 0.3) is 0 Å². The second-order valence-corrected chi connectivity index (χ2v) is 4.69. The minimum Gasteiger partial charge on any atom is -0.462 e. The zero-order chi connectivity index (χ0) is 14.4. The number of pyridine rings is 1. The molecule has 6 heteroatoms. The Morgan fingerprint density at radius 2 is 2.26 bits per heavy atom. The first-order valence-electron chi connectivity index (χ1n) is 6.28. The largest absolute Gasteiger partial charge is 0.462 e. The van der Waals surface area contributed by atoms with Crippen LogP contribution < -0.4 is 11.1 Å². The number of hydrogen-bond acceptors (Lipinski definition) is 6. The lowest BCUT2D eigenvalue weighted by atomic mass is 10.2. The number of likely N-dealkylation sites (N-methyl/N-ethyl adjacent to an activating group) is 1. The van der Waals surface area contributed by atoms with Crippen molar-refractivity contribution in [3.05, 3.63) is 17.8 Å². The zero-order valence-electron chi connectivity index (χ0n) is 11.9. The van der Waals surface area contributed by atoms with E-state index in [9.17, 15) is 4.79 Å². The SMILES string of the molecule is CCOC(=O)c1cc(N)cnc1NC(C)CN(C)C. The summed E-state index contributed by atoms with van der Waals surface area (Å²) in [4.78, 5) is 18.1. The number of nitrogens with one attached hydrogen (secondary N) is 1. The number of esters is 1. The molecule has 0 radical (unpaired) electrons. The molecule has 0 aliphatic carbocycles. The van der Waals surface area contributed by atoms with E-state index in [4.69, 9.17) is 10.5 Å². The van der Waals surface area contributed by atoms with Gasteiger partial charge in [-0.15, -0.1) is 0 Å². The minimum atomic E-state index is -0.415. The number of nitrogens with zero attached hydrogens (tertiary/aromatic N) is 2. The van der Waals surface area contributed by atoms with Crippen LogP contribution in [0.5, 0.6) is 0 Å². The van der Waals surface area contributed by atoms with Crippen molar-refractivity contribution in [2.45, 2.75) is 19.9 Å². The highest BCUT2D eigenvalue weighted by Crippen LogP contribution is 2.17. The van der Waals surface area contributed by atoms with Crippen molar-refractivity contribution in [2.75, 3.05) is 38.3 Å². The van der Waals surface area contributed by atoms with Gasteiger partial charge >= 0.3 is 5.97 Å². The number of anilines is 2. The number of carbonyl (C=O) groups is 1. The van der Waals surface area contributed by atoms with Gasteiger partial charge < -0.3 is 20.7 Å². The van der Waals surface area contributed by atoms with Gasteiger partial charge in [0.15, 0.2) is 0 Å². The van der Waals surface area contributed by atoms with E-state index in [1.54, 1.807) is 13.0 Å². The van der Waals surface area contributed by atoms with E-state index in [-0.39, 0.29) is 6.04 Å². The van der Waals surface area contributed by atoms with Crippen LogP contribution in [0.4, 0.5) is 11.5 Å². The number of nitrogens with two attached hydrogens (primary N) is 1. The average molecular weight is 266 g/mol. The highest BCUT2D eigenvalue weighted by molar-refractivity contribution is 5.95. The Kier molecular flexibility index (Phi) is 5.57. The Morgan fingerprint density at radius 3 is 2.84 bits per heavy atom. The summed E-state index contributed by atoms with van der Waals surface area (Å²) in [5.74, 6) is 0.0869. The maximum atomic E-state index is 11.9. The summed E-state index contributed by atoms with van der Waals surface area (Å²) in [6, 6.07) is 1.73. The third-order valence-electron chi connectivity index (χ3n) is 2.43. The van der Waals surface area contributed by atoms with Gasteiger partial charge in [-0.05, 0) is 34.0 Å². The molecule has 0 fully saturated rings. The van der Waals surface area contributed by atoms with E-state index >= 15 is 0 Å². The molecule has 0 saturated heterocycles. The molecule has 1 aromatic heterocycles. The number of carbonyl (C=O) groups excluding carboxylic acids is 1. The lowest BCUT2D eigenvalue weighted by Gasteiger charge is -2.20. The Labute approximate surface area is 113 Å². The van der Waals surface area contributed by atoms with Gasteiger partial charge in [0.05, 0.1) is 18.5 Å². The minimum absolute atomic E-state index is 0.152. The third-order valence-corrected chi connectivity index (χ3v) is 2.43. The number of nitrogen functional groups attached to an aromatic ring is 1. The summed E-state index contributed by atoms with van der Waals surface area (Å²) < 4.78 is 5.00. The standard InChI is InChI=1S/C13H22N4O2/c1-5-19-13(18)11-6-10(14)7-15-12(11)16-9(2)8-17(3)4/h6-7,9H,5,8,14H2,1-4H3,(H,15,16). The monoisotopic (exact) mass is 266 g/mol. The second kappa shape index (κ2) is 6.94. The molecule has 3 N–H and O–H groups in total. The van der Waals surface area contributed by atoms with E-state index in [1.807, 2.05) is 21.0 Å². The quantitative estimate of drug-likeness (QED) is 0.753. The Balaban J connectivity index is 2.90. The van der Waals surface area contributed by atoms with Gasteiger partial charge in [-0.1, -0.05) is 0 Å². The first kappa shape index (κ1) is 15.2. The number of rotatable bonds is 6. The van der Waals surface area contributed by atoms with Crippen molar-refractivity contribution in [1.82, 2.24) is 9.88 Å². The van der Waals surface area contributed by atoms with E-state index in [2.05, 4.69) is 15.2 Å². The molecule has 0 aromatic carbocycles. The van der Waals surface area contributed by atoms with Crippen LogP contribution in [-0.4, -0.2) is 49.1 Å². The molecule has 1 rings (SSSR count). The first-order chi connectivity index (χ1) is 8.93. The molecule has 0 amide bonds. The lowest BCUT2D eigenvalue weighted by molar-refractivity contribution is 0.0527. The zero-order valence-corrected chi connectivity index (χ0v) is 11.9. The molecule has 6 nitrogen and oxygen atoms in total. The molecule has 1 heterocycles. The van der Waals surface area contributed by atoms with E-state index in [0.29, 0.717) is 23.7 Å². The van der Waals surface area contributed by atoms with Gasteiger partial charge in [-0.2, -0.15) is 0 Å². The smallest absolute Gasteiger partial charge is 0.341 e. The highest BCUT2D eigenvalue weighted by atomic mass is 16.5. The third kappa shape index (κ3) is 4.75. The van der Waals surface area contributed by atoms with Crippen LogP contribution in [0.3, 0.4) is 0 Å². The van der Waals surface area contributed by atoms with Crippen molar-refractivity contribution in [1.29, 1.82) is 0 Å². The van der Waals surface area contributed by atoms with Gasteiger partial charge in [-0.3, -0.25) is 0 Å². The molecule has 0 aliphatic heterocycles. The molecule has 19 heavy (non-hydrogen) atoms. The Morgan fingerprint density at radius 1 is 1.58 bits per heavy atom. The maximum absolute atomic E-state index is 11.9. The van der Waals surface area contributed by atoms with Crippen molar-refractivity contribution in [3.63, 3.8) is 0 Å². The van der Waals surface area contributed by atoms with E-state index in [1.165, 1.54) is 6.20 Å².